The van der Waals surface area contributed by atoms with Crippen molar-refractivity contribution in [1.29, 1.82) is 0 Å². The number of carbonyl (C=O) groups excluding carboxylic acids is 1. The molecular formula is C21H23NO3S. The third-order valence-corrected chi connectivity index (χ3v) is 7.67. The highest BCUT2D eigenvalue weighted by Crippen LogP contribution is 2.33. The van der Waals surface area contributed by atoms with E-state index in [0.29, 0.717) is 25.9 Å². The highest BCUT2D eigenvalue weighted by Gasteiger charge is 2.33. The predicted molar refractivity (Wildman–Crippen MR) is 102 cm³/mol. The van der Waals surface area contributed by atoms with Crippen LogP contribution in [0, 0.1) is 0 Å². The number of sulfone groups is 1. The topological polar surface area (TPSA) is 54.5 Å². The summed E-state index contributed by atoms with van der Waals surface area (Å²) in [6.07, 6.45) is 3.29. The van der Waals surface area contributed by atoms with Crippen LogP contribution >= 0.6 is 0 Å². The van der Waals surface area contributed by atoms with Crippen molar-refractivity contribution in [1.82, 2.24) is 4.90 Å². The van der Waals surface area contributed by atoms with Crippen molar-refractivity contribution in [3.8, 4) is 11.1 Å². The Hall–Kier alpha value is -2.14. The molecule has 1 amide bonds. The fraction of sp³-hybridized carbons (Fsp3) is 0.381. The Bertz CT molecular complexity index is 882. The number of amides is 1. The Labute approximate surface area is 154 Å². The Morgan fingerprint density at radius 1 is 0.885 bits per heavy atom. The van der Waals surface area contributed by atoms with Crippen molar-refractivity contribution in [2.24, 2.45) is 0 Å². The number of fused-ring (bicyclic) bond motifs is 3. The molecule has 1 aliphatic heterocycles. The van der Waals surface area contributed by atoms with Crippen molar-refractivity contribution in [2.75, 3.05) is 5.75 Å². The summed E-state index contributed by atoms with van der Waals surface area (Å²) in [6.45, 7) is 0.897. The van der Waals surface area contributed by atoms with Gasteiger partial charge in [-0.25, -0.2) is 8.42 Å². The second-order valence-corrected chi connectivity index (χ2v) is 9.56. The van der Waals surface area contributed by atoms with Gasteiger partial charge in [0, 0.05) is 13.1 Å². The molecule has 0 bridgehead atoms. The fourth-order valence-corrected chi connectivity index (χ4v) is 5.93. The quantitative estimate of drug-likeness (QED) is 0.831. The molecule has 136 valence electrons. The summed E-state index contributed by atoms with van der Waals surface area (Å²) in [5, 5.41) is -0.335. The third-order valence-electron chi connectivity index (χ3n) is 5.53. The van der Waals surface area contributed by atoms with Crippen LogP contribution in [-0.2, 0) is 27.7 Å². The van der Waals surface area contributed by atoms with Crippen molar-refractivity contribution < 1.29 is 13.2 Å². The molecule has 26 heavy (non-hydrogen) atoms. The molecule has 5 heteroatoms. The minimum absolute atomic E-state index is 0.289. The van der Waals surface area contributed by atoms with Gasteiger partial charge in [0.15, 0.2) is 9.84 Å². The lowest BCUT2D eigenvalue weighted by Gasteiger charge is -2.22. The van der Waals surface area contributed by atoms with E-state index in [4.69, 9.17) is 0 Å². The highest BCUT2D eigenvalue weighted by atomic mass is 32.2. The van der Waals surface area contributed by atoms with Gasteiger partial charge in [-0.05, 0) is 35.1 Å². The molecule has 2 aromatic carbocycles. The molecule has 2 aliphatic rings. The minimum atomic E-state index is -3.37. The zero-order valence-electron chi connectivity index (χ0n) is 14.7. The lowest BCUT2D eigenvalue weighted by atomic mass is 9.97. The number of benzene rings is 2. The van der Waals surface area contributed by atoms with Crippen LogP contribution in [0.4, 0.5) is 0 Å². The molecule has 0 radical (unpaired) electrons. The van der Waals surface area contributed by atoms with E-state index in [2.05, 4.69) is 12.1 Å². The second kappa shape index (κ2) is 6.88. The first-order valence-electron chi connectivity index (χ1n) is 9.20. The lowest BCUT2D eigenvalue weighted by molar-refractivity contribution is -0.129. The van der Waals surface area contributed by atoms with Gasteiger partial charge in [0.1, 0.15) is 5.75 Å². The molecule has 1 aliphatic carbocycles. The maximum Gasteiger partial charge on any atom is 0.238 e. The number of rotatable bonds is 3. The van der Waals surface area contributed by atoms with E-state index in [1.165, 1.54) is 0 Å². The summed E-state index contributed by atoms with van der Waals surface area (Å²) < 4.78 is 25.2. The number of carbonyl (C=O) groups is 1. The van der Waals surface area contributed by atoms with Gasteiger partial charge < -0.3 is 4.90 Å². The van der Waals surface area contributed by atoms with Gasteiger partial charge in [0.25, 0.3) is 0 Å². The van der Waals surface area contributed by atoms with E-state index < -0.39 is 9.84 Å². The van der Waals surface area contributed by atoms with Gasteiger partial charge >= 0.3 is 0 Å². The molecule has 1 saturated carbocycles. The van der Waals surface area contributed by atoms with Crippen LogP contribution in [0.2, 0.25) is 0 Å². The number of nitrogens with zero attached hydrogens (tertiary/aromatic N) is 1. The second-order valence-electron chi connectivity index (χ2n) is 7.28. The Morgan fingerprint density at radius 2 is 1.38 bits per heavy atom. The molecule has 0 spiro atoms. The van der Waals surface area contributed by atoms with Gasteiger partial charge in [-0.15, -0.1) is 0 Å². The molecular weight excluding hydrogens is 346 g/mol. The van der Waals surface area contributed by atoms with Crippen LogP contribution in [0.3, 0.4) is 0 Å². The van der Waals surface area contributed by atoms with Gasteiger partial charge in [0.2, 0.25) is 5.91 Å². The smallest absolute Gasteiger partial charge is 0.238 e. The molecule has 0 N–H and O–H groups in total. The average Bonchev–Trinajstić information content (AvgIpc) is 3.12. The standard InChI is InChI=1S/C21H23NO3S/c23-21(15-26(24,25)18-9-3-4-10-18)22-13-16-7-1-5-11-19(16)20-12-6-2-8-17(20)14-22/h1-2,5-8,11-12,18H,3-4,9-10,13-15H2. The van der Waals surface area contributed by atoms with E-state index in [0.717, 1.165) is 35.1 Å². The van der Waals surface area contributed by atoms with Crippen molar-refractivity contribution in [2.45, 2.75) is 44.0 Å². The molecule has 0 unspecified atom stereocenters. The van der Waals surface area contributed by atoms with Crippen LogP contribution in [0.5, 0.6) is 0 Å². The monoisotopic (exact) mass is 369 g/mol. The normalized spacial score (nSPS) is 17.5. The van der Waals surface area contributed by atoms with Gasteiger partial charge in [-0.2, -0.15) is 0 Å². The molecule has 0 aromatic heterocycles. The molecule has 0 atom stereocenters. The summed E-state index contributed by atoms with van der Waals surface area (Å²) >= 11 is 0. The lowest BCUT2D eigenvalue weighted by Crippen LogP contribution is -2.37. The van der Waals surface area contributed by atoms with Crippen molar-refractivity contribution in [3.63, 3.8) is 0 Å². The minimum Gasteiger partial charge on any atom is -0.333 e. The molecule has 1 fully saturated rings. The summed E-state index contributed by atoms with van der Waals surface area (Å²) in [7, 11) is -3.37. The highest BCUT2D eigenvalue weighted by molar-refractivity contribution is 7.92. The Balaban J connectivity index is 1.63. The first-order chi connectivity index (χ1) is 12.5. The number of hydrogen-bond acceptors (Lipinski definition) is 3. The number of hydrogen-bond donors (Lipinski definition) is 0. The average molecular weight is 369 g/mol. The first-order valence-corrected chi connectivity index (χ1v) is 10.9. The Morgan fingerprint density at radius 3 is 1.92 bits per heavy atom. The fourth-order valence-electron chi connectivity index (χ4n) is 4.11. The zero-order chi connectivity index (χ0) is 18.1. The molecule has 4 rings (SSSR count). The van der Waals surface area contributed by atoms with E-state index in [1.807, 2.05) is 36.4 Å². The summed E-state index contributed by atoms with van der Waals surface area (Å²) in [6, 6.07) is 16.1. The van der Waals surface area contributed by atoms with Crippen LogP contribution in [0.25, 0.3) is 11.1 Å². The largest absolute Gasteiger partial charge is 0.333 e. The third kappa shape index (κ3) is 3.28. The van der Waals surface area contributed by atoms with E-state index >= 15 is 0 Å². The van der Waals surface area contributed by atoms with Crippen molar-refractivity contribution >= 4 is 15.7 Å². The maximum absolute atomic E-state index is 12.9. The van der Waals surface area contributed by atoms with E-state index in [1.54, 1.807) is 4.90 Å². The van der Waals surface area contributed by atoms with Crippen LogP contribution in [0.1, 0.15) is 36.8 Å². The Kier molecular flexibility index (Phi) is 4.57. The summed E-state index contributed by atoms with van der Waals surface area (Å²) in [4.78, 5) is 14.6. The first kappa shape index (κ1) is 17.3. The molecule has 1 heterocycles. The summed E-state index contributed by atoms with van der Waals surface area (Å²) in [5.74, 6) is -0.662. The van der Waals surface area contributed by atoms with E-state index in [9.17, 15) is 13.2 Å². The van der Waals surface area contributed by atoms with E-state index in [-0.39, 0.29) is 16.9 Å². The molecule has 0 saturated heterocycles. The molecule has 4 nitrogen and oxygen atoms in total. The maximum atomic E-state index is 12.9. The van der Waals surface area contributed by atoms with Gasteiger partial charge in [0.05, 0.1) is 5.25 Å². The van der Waals surface area contributed by atoms with Gasteiger partial charge in [-0.3, -0.25) is 4.79 Å². The van der Waals surface area contributed by atoms with Crippen LogP contribution in [0.15, 0.2) is 48.5 Å². The molecule has 2 aromatic rings. The predicted octanol–water partition coefficient (Wildman–Crippen LogP) is 3.55. The van der Waals surface area contributed by atoms with Crippen LogP contribution < -0.4 is 0 Å². The van der Waals surface area contributed by atoms with Gasteiger partial charge in [-0.1, -0.05) is 61.4 Å². The van der Waals surface area contributed by atoms with Crippen molar-refractivity contribution in [3.05, 3.63) is 59.7 Å². The summed E-state index contributed by atoms with van der Waals surface area (Å²) in [5.41, 5.74) is 4.36. The zero-order valence-corrected chi connectivity index (χ0v) is 15.5. The SMILES string of the molecule is O=C(CS(=O)(=O)C1CCCC1)N1Cc2ccccc2-c2ccccc2C1. The van der Waals surface area contributed by atoms with Crippen LogP contribution in [-0.4, -0.2) is 30.2 Å².